The molecule has 2 heterocycles. The van der Waals surface area contributed by atoms with Gasteiger partial charge in [0.25, 0.3) is 0 Å². The van der Waals surface area contributed by atoms with E-state index in [0.29, 0.717) is 5.09 Å². The molecule has 0 aliphatic rings. The van der Waals surface area contributed by atoms with Gasteiger partial charge in [0.1, 0.15) is 11.0 Å². The molecule has 0 bridgehead atoms. The summed E-state index contributed by atoms with van der Waals surface area (Å²) in [5.74, 6) is -1.49. The third kappa shape index (κ3) is 2.38. The predicted molar refractivity (Wildman–Crippen MR) is 51.4 cm³/mol. The van der Waals surface area contributed by atoms with Crippen LogP contribution < -0.4 is 5.11 Å². The third-order valence-electron chi connectivity index (χ3n) is 1.63. The number of hydrogen-bond acceptors (Lipinski definition) is 5. The maximum Gasteiger partial charge on any atom is 0.167 e. The molecular weight excluding hydrogens is 214 g/mol. The monoisotopic (exact) mass is 220 g/mol. The minimum absolute atomic E-state index is 0.173. The molecule has 0 aromatic carbocycles. The summed E-state index contributed by atoms with van der Waals surface area (Å²) in [6.45, 7) is 0. The van der Waals surface area contributed by atoms with Crippen molar-refractivity contribution in [3.05, 3.63) is 42.3 Å². The Morgan fingerprint density at radius 3 is 2.80 bits per heavy atom. The van der Waals surface area contributed by atoms with E-state index in [9.17, 15) is 9.90 Å². The number of carbonyl (C=O) groups is 1. The number of rotatable bonds is 3. The summed E-state index contributed by atoms with van der Waals surface area (Å²) in [5.41, 5.74) is 0. The molecule has 76 valence electrons. The largest absolute Gasteiger partial charge is 0.542 e. The van der Waals surface area contributed by atoms with Gasteiger partial charge < -0.3 is 14.3 Å². The fourth-order valence-corrected chi connectivity index (χ4v) is 1.73. The van der Waals surface area contributed by atoms with Gasteiger partial charge in [-0.15, -0.1) is 0 Å². The maximum atomic E-state index is 10.4. The van der Waals surface area contributed by atoms with E-state index in [4.69, 9.17) is 4.42 Å². The van der Waals surface area contributed by atoms with E-state index in [1.54, 1.807) is 18.3 Å². The van der Waals surface area contributed by atoms with Crippen molar-refractivity contribution in [2.75, 3.05) is 0 Å². The molecule has 0 aliphatic heterocycles. The van der Waals surface area contributed by atoms with E-state index in [0.717, 1.165) is 5.03 Å². The predicted octanol–water partition coefficient (Wildman–Crippen LogP) is 1.19. The Morgan fingerprint density at radius 1 is 1.33 bits per heavy atom. The number of carboxylic acid groups (broad SMARTS) is 1. The molecule has 0 saturated carbocycles. The van der Waals surface area contributed by atoms with E-state index < -0.39 is 5.97 Å². The number of pyridine rings is 1. The molecule has 0 spiro atoms. The summed E-state index contributed by atoms with van der Waals surface area (Å²) in [4.78, 5) is 14.5. The highest BCUT2D eigenvalue weighted by molar-refractivity contribution is 7.99. The van der Waals surface area contributed by atoms with Gasteiger partial charge in [-0.2, -0.15) is 0 Å². The molecule has 0 unspecified atom stereocenters. The van der Waals surface area contributed by atoms with Crippen molar-refractivity contribution < 1.29 is 14.3 Å². The van der Waals surface area contributed by atoms with Gasteiger partial charge >= 0.3 is 0 Å². The lowest BCUT2D eigenvalue weighted by Crippen LogP contribution is -2.21. The van der Waals surface area contributed by atoms with Crippen molar-refractivity contribution in [2.45, 2.75) is 10.1 Å². The molecule has 0 radical (unpaired) electrons. The maximum absolute atomic E-state index is 10.4. The molecule has 0 saturated heterocycles. The molecule has 5 heteroatoms. The van der Waals surface area contributed by atoms with Gasteiger partial charge in [0.2, 0.25) is 0 Å². The summed E-state index contributed by atoms with van der Waals surface area (Å²) < 4.78 is 5.01. The van der Waals surface area contributed by atoms with Crippen LogP contribution in [0.5, 0.6) is 0 Å². The van der Waals surface area contributed by atoms with Gasteiger partial charge in [0.05, 0.1) is 0 Å². The van der Waals surface area contributed by atoms with Gasteiger partial charge in [0, 0.05) is 6.20 Å². The van der Waals surface area contributed by atoms with Crippen LogP contribution in [0.3, 0.4) is 0 Å². The Bertz CT molecular complexity index is 467. The van der Waals surface area contributed by atoms with Gasteiger partial charge in [-0.25, -0.2) is 4.98 Å². The summed E-state index contributed by atoms with van der Waals surface area (Å²) in [6.07, 6.45) is 1.66. The number of nitrogens with zero attached hydrogens (tertiary/aromatic N) is 1. The fraction of sp³-hybridized carbons (Fsp3) is 0. The van der Waals surface area contributed by atoms with Crippen LogP contribution >= 0.6 is 11.8 Å². The molecule has 0 fully saturated rings. The lowest BCUT2D eigenvalue weighted by molar-refractivity contribution is -0.257. The SMILES string of the molecule is O=C([O-])c1ccc(Sc2ccccn2)o1. The van der Waals surface area contributed by atoms with E-state index in [-0.39, 0.29) is 5.76 Å². The first-order chi connectivity index (χ1) is 7.25. The first kappa shape index (κ1) is 9.79. The van der Waals surface area contributed by atoms with Gasteiger partial charge in [-0.3, -0.25) is 0 Å². The molecule has 0 aliphatic carbocycles. The molecule has 0 atom stereocenters. The average molecular weight is 220 g/mol. The van der Waals surface area contributed by atoms with E-state index >= 15 is 0 Å². The number of furan rings is 1. The van der Waals surface area contributed by atoms with E-state index in [1.807, 2.05) is 12.1 Å². The van der Waals surface area contributed by atoms with E-state index in [1.165, 1.54) is 17.8 Å². The fourth-order valence-electron chi connectivity index (χ4n) is 0.995. The first-order valence-electron chi connectivity index (χ1n) is 4.16. The van der Waals surface area contributed by atoms with Gasteiger partial charge in [-0.05, 0) is 36.0 Å². The van der Waals surface area contributed by atoms with Gasteiger partial charge in [-0.1, -0.05) is 6.07 Å². The number of aromatic nitrogens is 1. The summed E-state index contributed by atoms with van der Waals surface area (Å²) >= 11 is 1.26. The van der Waals surface area contributed by atoms with Crippen molar-refractivity contribution in [1.29, 1.82) is 0 Å². The van der Waals surface area contributed by atoms with Crippen LogP contribution in [0.2, 0.25) is 0 Å². The lowest BCUT2D eigenvalue weighted by atomic mass is 10.5. The second kappa shape index (κ2) is 4.18. The van der Waals surface area contributed by atoms with Crippen molar-refractivity contribution in [2.24, 2.45) is 0 Å². The zero-order valence-corrected chi connectivity index (χ0v) is 8.36. The van der Waals surface area contributed by atoms with Crippen molar-refractivity contribution >= 4 is 17.7 Å². The topological polar surface area (TPSA) is 66.2 Å². The summed E-state index contributed by atoms with van der Waals surface area (Å²) in [5, 5.41) is 11.7. The standard InChI is InChI=1S/C10H7NO3S/c12-10(13)7-4-5-9(14-7)15-8-3-1-2-6-11-8/h1-6H,(H,12,13)/p-1. The Balaban J connectivity index is 2.15. The van der Waals surface area contributed by atoms with Crippen molar-refractivity contribution in [3.63, 3.8) is 0 Å². The molecule has 0 amide bonds. The van der Waals surface area contributed by atoms with Crippen LogP contribution in [0, 0.1) is 0 Å². The molecule has 4 nitrogen and oxygen atoms in total. The molecular formula is C10H6NO3S-. The number of hydrogen-bond donors (Lipinski definition) is 0. The minimum atomic E-state index is -1.32. The number of carboxylic acids is 1. The Morgan fingerprint density at radius 2 is 2.20 bits per heavy atom. The third-order valence-corrected chi connectivity index (χ3v) is 2.50. The second-order valence-corrected chi connectivity index (χ2v) is 3.70. The Labute approximate surface area is 89.9 Å². The molecule has 15 heavy (non-hydrogen) atoms. The van der Waals surface area contributed by atoms with Crippen LogP contribution in [0.15, 0.2) is 51.1 Å². The molecule has 0 N–H and O–H groups in total. The normalized spacial score (nSPS) is 10.1. The Hall–Kier alpha value is -1.75. The van der Waals surface area contributed by atoms with Crippen LogP contribution in [0.25, 0.3) is 0 Å². The smallest absolute Gasteiger partial charge is 0.167 e. The quantitative estimate of drug-likeness (QED) is 0.777. The highest BCUT2D eigenvalue weighted by Crippen LogP contribution is 2.27. The summed E-state index contributed by atoms with van der Waals surface area (Å²) in [7, 11) is 0. The highest BCUT2D eigenvalue weighted by Gasteiger charge is 2.04. The Kier molecular flexibility index (Phi) is 2.73. The van der Waals surface area contributed by atoms with Crippen molar-refractivity contribution in [1.82, 2.24) is 4.98 Å². The molecule has 2 rings (SSSR count). The second-order valence-electron chi connectivity index (χ2n) is 2.68. The first-order valence-corrected chi connectivity index (χ1v) is 4.97. The molecule has 2 aromatic rings. The van der Waals surface area contributed by atoms with Crippen LogP contribution in [0.4, 0.5) is 0 Å². The average Bonchev–Trinajstić information content (AvgIpc) is 2.68. The number of carbonyl (C=O) groups excluding carboxylic acids is 1. The van der Waals surface area contributed by atoms with E-state index in [2.05, 4.69) is 4.98 Å². The highest BCUT2D eigenvalue weighted by atomic mass is 32.2. The van der Waals surface area contributed by atoms with Crippen LogP contribution in [-0.4, -0.2) is 11.0 Å². The summed E-state index contributed by atoms with van der Waals surface area (Å²) in [6, 6.07) is 8.40. The van der Waals surface area contributed by atoms with Gasteiger partial charge in [0.15, 0.2) is 10.9 Å². The lowest BCUT2D eigenvalue weighted by Gasteiger charge is -1.97. The number of aromatic carboxylic acids is 1. The van der Waals surface area contributed by atoms with Crippen LogP contribution in [0.1, 0.15) is 10.6 Å². The zero-order valence-electron chi connectivity index (χ0n) is 7.54. The van der Waals surface area contributed by atoms with Crippen molar-refractivity contribution in [3.8, 4) is 0 Å². The van der Waals surface area contributed by atoms with Crippen LogP contribution in [-0.2, 0) is 0 Å². The molecule has 2 aromatic heterocycles. The zero-order chi connectivity index (χ0) is 10.7. The minimum Gasteiger partial charge on any atom is -0.542 e.